The molecule has 0 aliphatic heterocycles. The molecule has 4 rings (SSSR count). The molecule has 2 aromatic heterocycles. The van der Waals surface area contributed by atoms with Crippen molar-refractivity contribution in [3.8, 4) is 11.4 Å². The molecule has 10 heteroatoms. The highest BCUT2D eigenvalue weighted by molar-refractivity contribution is 5.97. The number of rotatable bonds is 9. The molecule has 0 saturated heterocycles. The average Bonchev–Trinajstić information content (AvgIpc) is 3.36. The Morgan fingerprint density at radius 2 is 1.06 bits per heavy atom. The van der Waals surface area contributed by atoms with E-state index in [0.717, 1.165) is 21.8 Å². The van der Waals surface area contributed by atoms with Gasteiger partial charge in [-0.1, -0.05) is 36.4 Å². The number of aromatic amines is 2. The highest BCUT2D eigenvalue weighted by Crippen LogP contribution is 2.36. The molecular formula is C26H26N4O6. The number of carbonyl (C=O) groups is 4. The molecule has 4 aromatic rings. The van der Waals surface area contributed by atoms with Gasteiger partial charge in [0.05, 0.1) is 11.4 Å². The fourth-order valence-electron chi connectivity index (χ4n) is 4.55. The van der Waals surface area contributed by atoms with Gasteiger partial charge in [-0.05, 0) is 23.3 Å². The molecular weight excluding hydrogens is 464 g/mol. The van der Waals surface area contributed by atoms with Gasteiger partial charge in [-0.25, -0.2) is 9.59 Å². The quantitative estimate of drug-likeness (QED) is 0.211. The second kappa shape index (κ2) is 9.95. The van der Waals surface area contributed by atoms with E-state index in [1.165, 1.54) is 13.8 Å². The first-order chi connectivity index (χ1) is 17.2. The topological polar surface area (TPSA) is 164 Å². The molecule has 0 unspecified atom stereocenters. The minimum absolute atomic E-state index is 0.00286. The van der Waals surface area contributed by atoms with Crippen LogP contribution < -0.4 is 10.6 Å². The fourth-order valence-corrected chi connectivity index (χ4v) is 4.55. The van der Waals surface area contributed by atoms with Crippen molar-refractivity contribution in [3.63, 3.8) is 0 Å². The summed E-state index contributed by atoms with van der Waals surface area (Å²) in [6.07, 6.45) is -0.00571. The van der Waals surface area contributed by atoms with Crippen molar-refractivity contribution >= 4 is 45.6 Å². The van der Waals surface area contributed by atoms with Crippen LogP contribution in [0.25, 0.3) is 33.2 Å². The third-order valence-electron chi connectivity index (χ3n) is 6.04. The van der Waals surface area contributed by atoms with Gasteiger partial charge in [0.25, 0.3) is 0 Å². The molecule has 2 amide bonds. The second-order valence-corrected chi connectivity index (χ2v) is 8.64. The van der Waals surface area contributed by atoms with Gasteiger partial charge < -0.3 is 30.8 Å². The lowest BCUT2D eigenvalue weighted by Crippen LogP contribution is -2.41. The van der Waals surface area contributed by atoms with E-state index in [1.807, 2.05) is 48.5 Å². The van der Waals surface area contributed by atoms with Crippen LogP contribution in [0.4, 0.5) is 0 Å². The molecule has 2 aromatic carbocycles. The Bertz CT molecular complexity index is 1370. The van der Waals surface area contributed by atoms with Crippen LogP contribution in [0, 0.1) is 0 Å². The SMILES string of the molecule is CC(=O)N[C@@H](Cc1c(-c2[nH]c3ccccc3c2C[C@H](NC(C)=O)C(=O)O)[nH]c2ccccc12)C(=O)O. The number of aromatic nitrogens is 2. The van der Waals surface area contributed by atoms with Crippen LogP contribution in [-0.2, 0) is 32.0 Å². The number of carboxylic acids is 2. The number of carboxylic acid groups (broad SMARTS) is 2. The molecule has 10 nitrogen and oxygen atoms in total. The summed E-state index contributed by atoms with van der Waals surface area (Å²) in [7, 11) is 0. The molecule has 2 heterocycles. The number of amides is 2. The molecule has 186 valence electrons. The summed E-state index contributed by atoms with van der Waals surface area (Å²) in [6.45, 7) is 2.52. The highest BCUT2D eigenvalue weighted by atomic mass is 16.4. The Balaban J connectivity index is 1.92. The average molecular weight is 491 g/mol. The number of H-pyrrole nitrogens is 2. The Morgan fingerprint density at radius 1 is 0.694 bits per heavy atom. The summed E-state index contributed by atoms with van der Waals surface area (Å²) in [4.78, 5) is 53.9. The first-order valence-corrected chi connectivity index (χ1v) is 11.3. The summed E-state index contributed by atoms with van der Waals surface area (Å²) in [5.74, 6) is -3.27. The third-order valence-corrected chi connectivity index (χ3v) is 6.04. The summed E-state index contributed by atoms with van der Waals surface area (Å²) < 4.78 is 0. The minimum Gasteiger partial charge on any atom is -0.480 e. The molecule has 0 spiro atoms. The normalized spacial score (nSPS) is 12.8. The zero-order valence-electron chi connectivity index (χ0n) is 19.7. The van der Waals surface area contributed by atoms with Crippen LogP contribution in [-0.4, -0.2) is 56.0 Å². The lowest BCUT2D eigenvalue weighted by molar-refractivity contribution is -0.141. The van der Waals surface area contributed by atoms with Crippen molar-refractivity contribution < 1.29 is 29.4 Å². The van der Waals surface area contributed by atoms with Crippen LogP contribution in [0.2, 0.25) is 0 Å². The number of para-hydroxylation sites is 2. The van der Waals surface area contributed by atoms with Crippen LogP contribution in [0.3, 0.4) is 0 Å². The molecule has 2 atom stereocenters. The molecule has 0 saturated carbocycles. The van der Waals surface area contributed by atoms with E-state index in [2.05, 4.69) is 20.6 Å². The van der Waals surface area contributed by atoms with Crippen molar-refractivity contribution in [3.05, 3.63) is 59.7 Å². The summed E-state index contributed by atoms with van der Waals surface area (Å²) >= 11 is 0. The maximum Gasteiger partial charge on any atom is 0.326 e. The predicted octanol–water partition coefficient (Wildman–Crippen LogP) is 2.58. The van der Waals surface area contributed by atoms with Gasteiger partial charge in [-0.15, -0.1) is 0 Å². The smallest absolute Gasteiger partial charge is 0.326 e. The Labute approximate surface area is 205 Å². The van der Waals surface area contributed by atoms with E-state index < -0.39 is 35.8 Å². The molecule has 0 bridgehead atoms. The Morgan fingerprint density at radius 3 is 1.39 bits per heavy atom. The van der Waals surface area contributed by atoms with E-state index in [-0.39, 0.29) is 12.8 Å². The lowest BCUT2D eigenvalue weighted by Gasteiger charge is -2.16. The molecule has 0 aliphatic rings. The largest absolute Gasteiger partial charge is 0.480 e. The summed E-state index contributed by atoms with van der Waals surface area (Å²) in [5.41, 5.74) is 4.01. The van der Waals surface area contributed by atoms with Gasteiger partial charge in [0.15, 0.2) is 0 Å². The van der Waals surface area contributed by atoms with Gasteiger partial charge in [0.1, 0.15) is 12.1 Å². The van der Waals surface area contributed by atoms with Crippen LogP contribution >= 0.6 is 0 Å². The van der Waals surface area contributed by atoms with E-state index >= 15 is 0 Å². The molecule has 0 fully saturated rings. The predicted molar refractivity (Wildman–Crippen MR) is 133 cm³/mol. The number of fused-ring (bicyclic) bond motifs is 2. The molecule has 0 radical (unpaired) electrons. The van der Waals surface area contributed by atoms with E-state index in [0.29, 0.717) is 22.5 Å². The van der Waals surface area contributed by atoms with Gasteiger partial charge in [0, 0.05) is 48.5 Å². The second-order valence-electron chi connectivity index (χ2n) is 8.64. The number of nitrogens with one attached hydrogen (secondary N) is 4. The minimum atomic E-state index is -1.17. The highest BCUT2D eigenvalue weighted by Gasteiger charge is 2.28. The van der Waals surface area contributed by atoms with Crippen LogP contribution in [0.15, 0.2) is 48.5 Å². The van der Waals surface area contributed by atoms with Crippen molar-refractivity contribution in [1.29, 1.82) is 0 Å². The van der Waals surface area contributed by atoms with E-state index in [1.54, 1.807) is 0 Å². The number of hydrogen-bond donors (Lipinski definition) is 6. The standard InChI is InChI=1S/C26H26N4O6/c1-13(31)27-21(25(33)34)11-17-15-7-3-5-9-19(15)29-23(17)24-18(12-22(26(35)36)28-14(2)32)16-8-4-6-10-20(16)30-24/h3-10,21-22,29-30H,11-12H2,1-2H3,(H,27,31)(H,28,32)(H,33,34)(H,35,36)/t21-,22-/m0/s1. The number of benzene rings is 2. The molecule has 0 aliphatic carbocycles. The summed E-state index contributed by atoms with van der Waals surface area (Å²) in [6, 6.07) is 12.5. The van der Waals surface area contributed by atoms with E-state index in [9.17, 15) is 29.4 Å². The van der Waals surface area contributed by atoms with Gasteiger partial charge in [-0.3, -0.25) is 9.59 Å². The Hall–Kier alpha value is -4.60. The van der Waals surface area contributed by atoms with Crippen molar-refractivity contribution in [2.45, 2.75) is 38.8 Å². The van der Waals surface area contributed by atoms with Crippen molar-refractivity contribution in [1.82, 2.24) is 20.6 Å². The number of hydrogen-bond acceptors (Lipinski definition) is 4. The van der Waals surface area contributed by atoms with E-state index in [4.69, 9.17) is 0 Å². The van der Waals surface area contributed by atoms with Gasteiger partial charge >= 0.3 is 11.9 Å². The maximum absolute atomic E-state index is 11.9. The fraction of sp³-hybridized carbons (Fsp3) is 0.231. The Kier molecular flexibility index (Phi) is 6.77. The summed E-state index contributed by atoms with van der Waals surface area (Å²) in [5, 5.41) is 26.0. The first-order valence-electron chi connectivity index (χ1n) is 11.3. The van der Waals surface area contributed by atoms with Crippen molar-refractivity contribution in [2.75, 3.05) is 0 Å². The van der Waals surface area contributed by atoms with Gasteiger partial charge in [0.2, 0.25) is 11.8 Å². The maximum atomic E-state index is 11.9. The van der Waals surface area contributed by atoms with Gasteiger partial charge in [-0.2, -0.15) is 0 Å². The lowest BCUT2D eigenvalue weighted by atomic mass is 9.96. The molecule has 36 heavy (non-hydrogen) atoms. The monoisotopic (exact) mass is 490 g/mol. The zero-order chi connectivity index (χ0) is 26.0. The first kappa shape index (κ1) is 24.5. The van der Waals surface area contributed by atoms with Crippen LogP contribution in [0.1, 0.15) is 25.0 Å². The number of aliphatic carboxylic acids is 2. The van der Waals surface area contributed by atoms with Crippen LogP contribution in [0.5, 0.6) is 0 Å². The van der Waals surface area contributed by atoms with Crippen molar-refractivity contribution in [2.24, 2.45) is 0 Å². The third kappa shape index (κ3) is 4.92. The molecule has 6 N–H and O–H groups in total. The zero-order valence-corrected chi connectivity index (χ0v) is 19.7. The number of carbonyl (C=O) groups excluding carboxylic acids is 2.